The van der Waals surface area contributed by atoms with Crippen molar-refractivity contribution in [2.24, 2.45) is 5.41 Å². The third-order valence-corrected chi connectivity index (χ3v) is 7.12. The van der Waals surface area contributed by atoms with E-state index in [1.165, 1.54) is 48.1 Å². The molecule has 6 rings (SSSR count). The van der Waals surface area contributed by atoms with Gasteiger partial charge in [-0.15, -0.1) is 0 Å². The predicted molar refractivity (Wildman–Crippen MR) is 118 cm³/mol. The van der Waals surface area contributed by atoms with E-state index in [4.69, 9.17) is 0 Å². The van der Waals surface area contributed by atoms with Crippen LogP contribution in [0.2, 0.25) is 0 Å². The summed E-state index contributed by atoms with van der Waals surface area (Å²) in [6.45, 7) is 0. The van der Waals surface area contributed by atoms with Gasteiger partial charge in [-0.2, -0.15) is 0 Å². The molecule has 0 heterocycles. The molecule has 2 aromatic rings. The van der Waals surface area contributed by atoms with Gasteiger partial charge in [-0.1, -0.05) is 78.9 Å². The summed E-state index contributed by atoms with van der Waals surface area (Å²) in [5.74, 6) is 0. The Morgan fingerprint density at radius 3 is 1.88 bits per heavy atom. The van der Waals surface area contributed by atoms with Crippen LogP contribution >= 0.6 is 22.6 Å². The van der Waals surface area contributed by atoms with Crippen LogP contribution in [0.5, 0.6) is 0 Å². The van der Waals surface area contributed by atoms with Crippen LogP contribution in [0, 0.1) is 5.41 Å². The highest BCUT2D eigenvalue weighted by molar-refractivity contribution is 14.1. The predicted octanol–water partition coefficient (Wildman–Crippen LogP) is 6.84. The van der Waals surface area contributed by atoms with Crippen molar-refractivity contribution in [2.75, 3.05) is 0 Å². The quantitative estimate of drug-likeness (QED) is 0.392. The molecular formula is C25H15I. The molecule has 0 N–H and O–H groups in total. The maximum absolute atomic E-state index is 2.54. The fourth-order valence-electron chi connectivity index (χ4n) is 4.74. The van der Waals surface area contributed by atoms with Gasteiger partial charge in [0, 0.05) is 3.58 Å². The Hall–Kier alpha value is -2.39. The van der Waals surface area contributed by atoms with Gasteiger partial charge < -0.3 is 0 Å². The molecule has 1 atom stereocenters. The van der Waals surface area contributed by atoms with Gasteiger partial charge in [0.1, 0.15) is 0 Å². The minimum atomic E-state index is -0.174. The number of rotatable bonds is 0. The fraction of sp³-hybridized carbons (Fsp3) is 0.0400. The second-order valence-corrected chi connectivity index (χ2v) is 8.30. The first-order valence-electron chi connectivity index (χ1n) is 8.90. The topological polar surface area (TPSA) is 0 Å². The van der Waals surface area contributed by atoms with E-state index in [1.807, 2.05) is 0 Å². The zero-order chi connectivity index (χ0) is 17.3. The third kappa shape index (κ3) is 1.69. The molecule has 0 aromatic heterocycles. The zero-order valence-electron chi connectivity index (χ0n) is 14.0. The van der Waals surface area contributed by atoms with Crippen LogP contribution in [0.3, 0.4) is 0 Å². The average molecular weight is 442 g/mol. The first-order chi connectivity index (χ1) is 12.8. The molecule has 26 heavy (non-hydrogen) atoms. The van der Waals surface area contributed by atoms with E-state index < -0.39 is 0 Å². The van der Waals surface area contributed by atoms with Crippen molar-refractivity contribution in [1.82, 2.24) is 0 Å². The third-order valence-electron chi connectivity index (χ3n) is 5.91. The molecule has 2 aromatic carbocycles. The highest BCUT2D eigenvalue weighted by Crippen LogP contribution is 2.62. The number of benzene rings is 2. The highest BCUT2D eigenvalue weighted by atomic mass is 127. The van der Waals surface area contributed by atoms with Gasteiger partial charge in [0.05, 0.1) is 5.41 Å². The molecule has 1 spiro atoms. The molecule has 0 aliphatic heterocycles. The second kappa shape index (κ2) is 5.08. The summed E-state index contributed by atoms with van der Waals surface area (Å²) in [6, 6.07) is 17.5. The summed E-state index contributed by atoms with van der Waals surface area (Å²) in [5, 5.41) is 0. The van der Waals surface area contributed by atoms with Crippen molar-refractivity contribution >= 4 is 45.9 Å². The first kappa shape index (κ1) is 14.7. The summed E-state index contributed by atoms with van der Waals surface area (Å²) in [6.07, 6.45) is 16.3. The lowest BCUT2D eigenvalue weighted by molar-refractivity contribution is 0.747. The van der Waals surface area contributed by atoms with E-state index in [1.54, 1.807) is 0 Å². The molecule has 0 radical (unpaired) electrons. The van der Waals surface area contributed by atoms with Gasteiger partial charge in [-0.05, 0) is 79.3 Å². The van der Waals surface area contributed by atoms with Gasteiger partial charge >= 0.3 is 0 Å². The van der Waals surface area contributed by atoms with E-state index in [2.05, 4.69) is 114 Å². The number of hydrogen-bond donors (Lipinski definition) is 0. The Balaban J connectivity index is 1.63. The van der Waals surface area contributed by atoms with Crippen molar-refractivity contribution < 1.29 is 0 Å². The smallest absolute Gasteiger partial charge is 0.0647 e. The lowest BCUT2D eigenvalue weighted by Gasteiger charge is -2.39. The molecule has 122 valence electrons. The van der Waals surface area contributed by atoms with Crippen LogP contribution in [-0.2, 0) is 0 Å². The van der Waals surface area contributed by atoms with E-state index in [9.17, 15) is 0 Å². The van der Waals surface area contributed by atoms with Crippen LogP contribution in [0.25, 0.3) is 23.3 Å². The summed E-state index contributed by atoms with van der Waals surface area (Å²) in [5.41, 5.74) is 10.7. The molecule has 0 fully saturated rings. The van der Waals surface area contributed by atoms with E-state index >= 15 is 0 Å². The monoisotopic (exact) mass is 442 g/mol. The molecule has 4 aliphatic carbocycles. The molecule has 1 unspecified atom stereocenters. The van der Waals surface area contributed by atoms with E-state index in [0.29, 0.717) is 0 Å². The Kier molecular flexibility index (Phi) is 2.88. The maximum Gasteiger partial charge on any atom is 0.0704 e. The lowest BCUT2D eigenvalue weighted by Crippen LogP contribution is -2.27. The molecular weight excluding hydrogens is 427 g/mol. The van der Waals surface area contributed by atoms with E-state index in [0.717, 1.165) is 0 Å². The lowest BCUT2D eigenvalue weighted by atomic mass is 9.65. The Labute approximate surface area is 166 Å². The van der Waals surface area contributed by atoms with Gasteiger partial charge in [-0.3, -0.25) is 0 Å². The molecule has 0 saturated carbocycles. The minimum absolute atomic E-state index is 0.174. The molecule has 0 nitrogen and oxygen atoms in total. The first-order valence-corrected chi connectivity index (χ1v) is 9.98. The van der Waals surface area contributed by atoms with Crippen LogP contribution in [0.4, 0.5) is 0 Å². The largest absolute Gasteiger partial charge is 0.0704 e. The van der Waals surface area contributed by atoms with Crippen molar-refractivity contribution in [1.29, 1.82) is 0 Å². The van der Waals surface area contributed by atoms with Crippen LogP contribution in [0.1, 0.15) is 22.3 Å². The van der Waals surface area contributed by atoms with Crippen molar-refractivity contribution in [3.8, 4) is 0 Å². The normalized spacial score (nSPS) is 24.0. The second-order valence-electron chi connectivity index (χ2n) is 7.13. The maximum atomic E-state index is 2.54. The number of allylic oxidation sites excluding steroid dienone is 10. The van der Waals surface area contributed by atoms with Gasteiger partial charge in [0.2, 0.25) is 0 Å². The highest BCUT2D eigenvalue weighted by Gasteiger charge is 2.47. The van der Waals surface area contributed by atoms with Crippen LogP contribution in [0.15, 0.2) is 93.6 Å². The van der Waals surface area contributed by atoms with Crippen molar-refractivity contribution in [3.05, 3.63) is 116 Å². The van der Waals surface area contributed by atoms with Crippen molar-refractivity contribution in [3.63, 3.8) is 0 Å². The Morgan fingerprint density at radius 1 is 0.654 bits per heavy atom. The van der Waals surface area contributed by atoms with Gasteiger partial charge in [-0.25, -0.2) is 0 Å². The van der Waals surface area contributed by atoms with Crippen LogP contribution < -0.4 is 0 Å². The van der Waals surface area contributed by atoms with E-state index in [-0.39, 0.29) is 5.41 Å². The summed E-state index contributed by atoms with van der Waals surface area (Å²) >= 11 is 2.54. The van der Waals surface area contributed by atoms with Crippen molar-refractivity contribution in [2.45, 2.75) is 0 Å². The number of halogens is 1. The Morgan fingerprint density at radius 2 is 1.23 bits per heavy atom. The minimum Gasteiger partial charge on any atom is -0.0647 e. The molecule has 0 bridgehead atoms. The number of hydrogen-bond acceptors (Lipinski definition) is 0. The average Bonchev–Trinajstić information content (AvgIpc) is 3.24. The standard InChI is InChI=1S/C25H15I/c26-24-12-11-21-19-9-4-2-7-17(19)15-23(21)25(24)13-5-10-20-18-8-3-1-6-16(18)14-22(20)25/h1-15H. The summed E-state index contributed by atoms with van der Waals surface area (Å²) in [7, 11) is 0. The van der Waals surface area contributed by atoms with Gasteiger partial charge in [0.25, 0.3) is 0 Å². The number of fused-ring (bicyclic) bond motifs is 8. The summed E-state index contributed by atoms with van der Waals surface area (Å²) in [4.78, 5) is 0. The molecule has 1 heteroatoms. The molecule has 4 aliphatic rings. The molecule has 0 saturated heterocycles. The SMILES string of the molecule is IC1=CC=C2C(=Cc3ccccc32)C12C=CC=C1C2=Cc2ccccc21. The van der Waals surface area contributed by atoms with Gasteiger partial charge in [0.15, 0.2) is 0 Å². The zero-order valence-corrected chi connectivity index (χ0v) is 16.2. The Bertz CT molecular complexity index is 1160. The molecule has 0 amide bonds. The van der Waals surface area contributed by atoms with Crippen LogP contribution in [-0.4, -0.2) is 0 Å². The fourth-order valence-corrected chi connectivity index (χ4v) is 5.68. The summed E-state index contributed by atoms with van der Waals surface area (Å²) < 4.78 is 1.36.